The second kappa shape index (κ2) is 8.22. The van der Waals surface area contributed by atoms with Gasteiger partial charge in [0.05, 0.1) is 24.7 Å². The van der Waals surface area contributed by atoms with Crippen molar-refractivity contribution in [2.24, 2.45) is 0 Å². The molecule has 150 valence electrons. The molecule has 0 bridgehead atoms. The molecule has 0 radical (unpaired) electrons. The molecule has 0 saturated carbocycles. The number of methoxy groups -OCH3 is 1. The van der Waals surface area contributed by atoms with Gasteiger partial charge in [-0.2, -0.15) is 0 Å². The van der Waals surface area contributed by atoms with Crippen molar-refractivity contribution in [2.75, 3.05) is 17.7 Å². The summed E-state index contributed by atoms with van der Waals surface area (Å²) in [4.78, 5) is 25.1. The molecule has 6 nitrogen and oxygen atoms in total. The molecule has 0 aliphatic rings. The Morgan fingerprint density at radius 2 is 1.59 bits per heavy atom. The van der Waals surface area contributed by atoms with Gasteiger partial charge in [0.25, 0.3) is 11.8 Å². The van der Waals surface area contributed by atoms with Crippen LogP contribution in [0.1, 0.15) is 47.2 Å². The Hall–Kier alpha value is -3.54. The monoisotopic (exact) mass is 392 g/mol. The van der Waals surface area contributed by atoms with Crippen molar-refractivity contribution in [3.05, 3.63) is 77.7 Å². The summed E-state index contributed by atoms with van der Waals surface area (Å²) in [5.41, 5.74) is 2.54. The lowest BCUT2D eigenvalue weighted by atomic mass is 9.87. The largest absolute Gasteiger partial charge is 0.497 e. The van der Waals surface area contributed by atoms with Crippen LogP contribution in [0.3, 0.4) is 0 Å². The minimum absolute atomic E-state index is 0.00823. The zero-order chi connectivity index (χ0) is 21.0. The van der Waals surface area contributed by atoms with Crippen LogP contribution in [0.15, 0.2) is 65.3 Å². The van der Waals surface area contributed by atoms with Crippen molar-refractivity contribution in [1.29, 1.82) is 0 Å². The minimum atomic E-state index is -0.423. The maximum Gasteiger partial charge on any atom is 0.291 e. The number of carbonyl (C=O) groups excluding carboxylic acids is 2. The van der Waals surface area contributed by atoms with E-state index < -0.39 is 5.91 Å². The van der Waals surface area contributed by atoms with Crippen LogP contribution in [0.25, 0.3) is 0 Å². The molecule has 0 saturated heterocycles. The zero-order valence-corrected chi connectivity index (χ0v) is 16.9. The Labute approximate surface area is 169 Å². The summed E-state index contributed by atoms with van der Waals surface area (Å²) >= 11 is 0. The minimum Gasteiger partial charge on any atom is -0.497 e. The van der Waals surface area contributed by atoms with E-state index in [1.165, 1.54) is 13.4 Å². The van der Waals surface area contributed by atoms with Crippen LogP contribution in [-0.4, -0.2) is 18.9 Å². The highest BCUT2D eigenvalue weighted by molar-refractivity contribution is 6.09. The van der Waals surface area contributed by atoms with E-state index in [4.69, 9.17) is 9.15 Å². The molecular formula is C23H24N2O4. The molecule has 2 N–H and O–H groups in total. The maximum atomic E-state index is 12.7. The molecule has 2 amide bonds. The number of nitrogens with one attached hydrogen (secondary N) is 2. The van der Waals surface area contributed by atoms with E-state index in [9.17, 15) is 9.59 Å². The van der Waals surface area contributed by atoms with Gasteiger partial charge in [-0.3, -0.25) is 9.59 Å². The van der Waals surface area contributed by atoms with Gasteiger partial charge in [0.1, 0.15) is 5.75 Å². The van der Waals surface area contributed by atoms with Crippen LogP contribution in [0.2, 0.25) is 0 Å². The molecule has 0 atom stereocenters. The topological polar surface area (TPSA) is 80.6 Å². The van der Waals surface area contributed by atoms with Crippen LogP contribution in [0.4, 0.5) is 11.4 Å². The number of anilines is 2. The molecular weight excluding hydrogens is 368 g/mol. The average Bonchev–Trinajstić information content (AvgIpc) is 3.23. The molecule has 0 aliphatic heterocycles. The van der Waals surface area contributed by atoms with Crippen molar-refractivity contribution in [3.8, 4) is 5.75 Å². The van der Waals surface area contributed by atoms with Gasteiger partial charge in [0, 0.05) is 11.6 Å². The number of hydrogen-bond donors (Lipinski definition) is 2. The Kier molecular flexibility index (Phi) is 5.73. The number of rotatable bonds is 5. The summed E-state index contributed by atoms with van der Waals surface area (Å²) in [6.07, 6.45) is 1.42. The molecule has 0 spiro atoms. The first kappa shape index (κ1) is 20.2. The van der Waals surface area contributed by atoms with Crippen molar-refractivity contribution < 1.29 is 18.7 Å². The van der Waals surface area contributed by atoms with Crippen LogP contribution < -0.4 is 15.4 Å². The molecule has 1 aromatic heterocycles. The molecule has 3 rings (SSSR count). The van der Waals surface area contributed by atoms with Crippen molar-refractivity contribution in [1.82, 2.24) is 0 Å². The van der Waals surface area contributed by atoms with Crippen LogP contribution in [-0.2, 0) is 5.41 Å². The van der Waals surface area contributed by atoms with Crippen LogP contribution in [0.5, 0.6) is 5.75 Å². The summed E-state index contributed by atoms with van der Waals surface area (Å²) in [7, 11) is 1.53. The molecule has 0 aliphatic carbocycles. The third-order valence-electron chi connectivity index (χ3n) is 4.48. The number of furan rings is 1. The summed E-state index contributed by atoms with van der Waals surface area (Å²) in [6.45, 7) is 6.36. The van der Waals surface area contributed by atoms with Gasteiger partial charge in [0.15, 0.2) is 5.76 Å². The Morgan fingerprint density at radius 3 is 2.17 bits per heavy atom. The summed E-state index contributed by atoms with van der Waals surface area (Å²) < 4.78 is 10.4. The SMILES string of the molecule is COc1ccc(NC(=O)c2ccc(C(C)(C)C)cc2)c(NC(=O)c2ccco2)c1. The smallest absolute Gasteiger partial charge is 0.291 e. The molecule has 0 unspecified atom stereocenters. The molecule has 6 heteroatoms. The molecule has 3 aromatic rings. The zero-order valence-electron chi connectivity index (χ0n) is 16.9. The van der Waals surface area contributed by atoms with Gasteiger partial charge < -0.3 is 19.8 Å². The molecule has 29 heavy (non-hydrogen) atoms. The summed E-state index contributed by atoms with van der Waals surface area (Å²) in [5.74, 6) is 0.0209. The normalized spacial score (nSPS) is 11.0. The van der Waals surface area contributed by atoms with E-state index in [1.54, 1.807) is 42.5 Å². The Bertz CT molecular complexity index is 1000. The van der Waals surface area contributed by atoms with E-state index in [-0.39, 0.29) is 17.1 Å². The standard InChI is InChI=1S/C23H24N2O4/c1-23(2,3)16-9-7-15(8-10-16)21(26)24-18-12-11-17(28-4)14-19(18)25-22(27)20-6-5-13-29-20/h5-14H,1-4H3,(H,24,26)(H,25,27). The highest BCUT2D eigenvalue weighted by Crippen LogP contribution is 2.28. The number of ether oxygens (including phenoxy) is 1. The van der Waals surface area contributed by atoms with Gasteiger partial charge in [-0.05, 0) is 47.4 Å². The number of benzene rings is 2. The second-order valence-corrected chi connectivity index (χ2v) is 7.62. The van der Waals surface area contributed by atoms with E-state index >= 15 is 0 Å². The number of hydrogen-bond acceptors (Lipinski definition) is 4. The van der Waals surface area contributed by atoms with Gasteiger partial charge >= 0.3 is 0 Å². The molecule has 0 fully saturated rings. The maximum absolute atomic E-state index is 12.7. The Morgan fingerprint density at radius 1 is 0.897 bits per heavy atom. The van der Waals surface area contributed by atoms with E-state index in [1.807, 2.05) is 12.1 Å². The average molecular weight is 392 g/mol. The van der Waals surface area contributed by atoms with Gasteiger partial charge in [0.2, 0.25) is 0 Å². The first-order valence-electron chi connectivity index (χ1n) is 9.23. The van der Waals surface area contributed by atoms with E-state index in [0.29, 0.717) is 22.7 Å². The summed E-state index contributed by atoms with van der Waals surface area (Å²) in [5, 5.41) is 5.59. The van der Waals surface area contributed by atoms with Crippen LogP contribution in [0, 0.1) is 0 Å². The molecule has 2 aromatic carbocycles. The number of amides is 2. The van der Waals surface area contributed by atoms with Crippen molar-refractivity contribution >= 4 is 23.2 Å². The predicted molar refractivity (Wildman–Crippen MR) is 113 cm³/mol. The van der Waals surface area contributed by atoms with Crippen LogP contribution >= 0.6 is 0 Å². The van der Waals surface area contributed by atoms with Gasteiger partial charge in [-0.1, -0.05) is 32.9 Å². The Balaban J connectivity index is 1.82. The van der Waals surface area contributed by atoms with Crippen molar-refractivity contribution in [3.63, 3.8) is 0 Å². The first-order valence-corrected chi connectivity index (χ1v) is 9.23. The van der Waals surface area contributed by atoms with Gasteiger partial charge in [-0.15, -0.1) is 0 Å². The fraction of sp³-hybridized carbons (Fsp3) is 0.217. The van der Waals surface area contributed by atoms with Crippen molar-refractivity contribution in [2.45, 2.75) is 26.2 Å². The first-order chi connectivity index (χ1) is 13.8. The lowest BCUT2D eigenvalue weighted by molar-refractivity contribution is 0.0993. The fourth-order valence-electron chi connectivity index (χ4n) is 2.77. The van der Waals surface area contributed by atoms with Gasteiger partial charge in [-0.25, -0.2) is 0 Å². The third kappa shape index (κ3) is 4.85. The lowest BCUT2D eigenvalue weighted by Gasteiger charge is -2.19. The lowest BCUT2D eigenvalue weighted by Crippen LogP contribution is -2.17. The van der Waals surface area contributed by atoms with E-state index in [2.05, 4.69) is 31.4 Å². The molecule has 1 heterocycles. The quantitative estimate of drug-likeness (QED) is 0.634. The second-order valence-electron chi connectivity index (χ2n) is 7.62. The fourth-order valence-corrected chi connectivity index (χ4v) is 2.77. The number of carbonyl (C=O) groups is 2. The highest BCUT2D eigenvalue weighted by atomic mass is 16.5. The third-order valence-corrected chi connectivity index (χ3v) is 4.48. The highest BCUT2D eigenvalue weighted by Gasteiger charge is 2.17. The van der Waals surface area contributed by atoms with E-state index in [0.717, 1.165) is 5.56 Å². The summed E-state index contributed by atoms with van der Waals surface area (Å²) in [6, 6.07) is 15.7. The predicted octanol–water partition coefficient (Wildman–Crippen LogP) is 5.09.